The Labute approximate surface area is 201 Å². The molecule has 7 heteroatoms. The number of halogens is 1. The highest BCUT2D eigenvalue weighted by molar-refractivity contribution is 6.35. The molecule has 34 heavy (non-hydrogen) atoms. The largest absolute Gasteiger partial charge is 0.480 e. The molecule has 0 spiro atoms. The van der Waals surface area contributed by atoms with E-state index in [0.717, 1.165) is 27.6 Å². The zero-order valence-electron chi connectivity index (χ0n) is 18.1. The number of carboxylic acid groups (broad SMARTS) is 1. The zero-order chi connectivity index (χ0) is 23.7. The summed E-state index contributed by atoms with van der Waals surface area (Å²) in [5.74, 6) is -1.28. The maximum Gasteiger partial charge on any atom is 0.407 e. The van der Waals surface area contributed by atoms with Crippen LogP contribution in [-0.4, -0.2) is 34.8 Å². The van der Waals surface area contributed by atoms with Gasteiger partial charge in [0.25, 0.3) is 0 Å². The molecule has 1 unspecified atom stereocenters. The Balaban J connectivity index is 1.28. The van der Waals surface area contributed by atoms with Crippen LogP contribution in [0.2, 0.25) is 5.02 Å². The highest BCUT2D eigenvalue weighted by Crippen LogP contribution is 2.44. The van der Waals surface area contributed by atoms with Crippen molar-refractivity contribution in [3.05, 3.63) is 101 Å². The number of aromatic nitrogens is 1. The molecule has 4 aromatic rings. The standard InChI is InChI=1S/C27H21ClN2O4/c28-23-11-5-6-16-12-13-17(29-25(16)23)14-24(26(31)32)30-27(33)34-15-22-20-9-3-1-7-18(20)19-8-2-4-10-21(19)22/h1-13,22,24H,14-15H2,(H,30,33)(H,31,32). The lowest BCUT2D eigenvalue weighted by Gasteiger charge is -2.17. The molecule has 1 aromatic heterocycles. The predicted octanol–water partition coefficient (Wildman–Crippen LogP) is 5.42. The molecule has 1 atom stereocenters. The quantitative estimate of drug-likeness (QED) is 0.391. The number of ether oxygens (including phenoxy) is 1. The van der Waals surface area contributed by atoms with Crippen molar-refractivity contribution in [2.75, 3.05) is 6.61 Å². The van der Waals surface area contributed by atoms with Crippen molar-refractivity contribution in [1.29, 1.82) is 0 Å². The van der Waals surface area contributed by atoms with E-state index in [1.165, 1.54) is 0 Å². The molecular weight excluding hydrogens is 452 g/mol. The van der Waals surface area contributed by atoms with Gasteiger partial charge in [-0.05, 0) is 34.4 Å². The first kappa shape index (κ1) is 21.9. The maximum atomic E-state index is 12.6. The van der Waals surface area contributed by atoms with E-state index < -0.39 is 18.1 Å². The van der Waals surface area contributed by atoms with Gasteiger partial charge in [-0.25, -0.2) is 9.59 Å². The highest BCUT2D eigenvalue weighted by Gasteiger charge is 2.30. The minimum Gasteiger partial charge on any atom is -0.480 e. The Hall–Kier alpha value is -3.90. The topological polar surface area (TPSA) is 88.5 Å². The van der Waals surface area contributed by atoms with Gasteiger partial charge in [-0.1, -0.05) is 78.3 Å². The first-order valence-corrected chi connectivity index (χ1v) is 11.3. The molecule has 6 nitrogen and oxygen atoms in total. The molecule has 0 radical (unpaired) electrons. The minimum atomic E-state index is -1.19. The smallest absolute Gasteiger partial charge is 0.407 e. The molecule has 1 amide bonds. The summed E-state index contributed by atoms with van der Waals surface area (Å²) in [5, 5.41) is 13.5. The van der Waals surface area contributed by atoms with E-state index in [9.17, 15) is 14.7 Å². The fourth-order valence-electron chi connectivity index (χ4n) is 4.46. The third-order valence-electron chi connectivity index (χ3n) is 6.08. The van der Waals surface area contributed by atoms with Crippen molar-refractivity contribution in [2.45, 2.75) is 18.4 Å². The number of benzene rings is 3. The molecule has 0 saturated heterocycles. The van der Waals surface area contributed by atoms with Crippen LogP contribution < -0.4 is 5.32 Å². The lowest BCUT2D eigenvalue weighted by atomic mass is 9.98. The van der Waals surface area contributed by atoms with Crippen LogP contribution in [0.15, 0.2) is 78.9 Å². The van der Waals surface area contributed by atoms with Crippen LogP contribution in [0.4, 0.5) is 4.79 Å². The summed E-state index contributed by atoms with van der Waals surface area (Å²) in [6.07, 6.45) is -0.783. The fraction of sp³-hybridized carbons (Fsp3) is 0.148. The van der Waals surface area contributed by atoms with E-state index in [0.29, 0.717) is 16.2 Å². The number of hydrogen-bond acceptors (Lipinski definition) is 4. The van der Waals surface area contributed by atoms with E-state index in [1.54, 1.807) is 12.1 Å². The number of carboxylic acids is 1. The zero-order valence-corrected chi connectivity index (χ0v) is 18.8. The van der Waals surface area contributed by atoms with E-state index in [1.807, 2.05) is 54.6 Å². The molecule has 0 bridgehead atoms. The predicted molar refractivity (Wildman–Crippen MR) is 130 cm³/mol. The van der Waals surface area contributed by atoms with Gasteiger partial charge in [0, 0.05) is 23.4 Å². The summed E-state index contributed by atoms with van der Waals surface area (Å²) in [4.78, 5) is 28.9. The second-order valence-electron chi connectivity index (χ2n) is 8.18. The number of aliphatic carboxylic acids is 1. The van der Waals surface area contributed by atoms with Gasteiger partial charge in [0.05, 0.1) is 10.5 Å². The Bertz CT molecular complexity index is 1360. The monoisotopic (exact) mass is 472 g/mol. The van der Waals surface area contributed by atoms with E-state index in [-0.39, 0.29) is 18.9 Å². The molecule has 1 aliphatic rings. The van der Waals surface area contributed by atoms with Crippen LogP contribution in [-0.2, 0) is 16.0 Å². The molecule has 3 aromatic carbocycles. The number of carbonyl (C=O) groups is 2. The van der Waals surface area contributed by atoms with Crippen LogP contribution in [0.1, 0.15) is 22.7 Å². The number of pyridine rings is 1. The molecule has 0 aliphatic heterocycles. The SMILES string of the molecule is O=C(NC(Cc1ccc2cccc(Cl)c2n1)C(=O)O)OCC1c2ccccc2-c2ccccc21. The summed E-state index contributed by atoms with van der Waals surface area (Å²) in [5.41, 5.74) is 5.51. The first-order valence-electron chi connectivity index (χ1n) is 10.9. The highest BCUT2D eigenvalue weighted by atomic mass is 35.5. The number of nitrogens with one attached hydrogen (secondary N) is 1. The second-order valence-corrected chi connectivity index (χ2v) is 8.59. The van der Waals surface area contributed by atoms with Gasteiger partial charge in [-0.2, -0.15) is 0 Å². The molecular formula is C27H21ClN2O4. The normalized spacial score (nSPS) is 13.2. The molecule has 2 N–H and O–H groups in total. The molecule has 1 aliphatic carbocycles. The molecule has 170 valence electrons. The number of alkyl carbamates (subject to hydrolysis) is 1. The van der Waals surface area contributed by atoms with Crippen molar-refractivity contribution in [1.82, 2.24) is 10.3 Å². The molecule has 5 rings (SSSR count). The minimum absolute atomic E-state index is 0.000686. The van der Waals surface area contributed by atoms with Crippen molar-refractivity contribution in [3.8, 4) is 11.1 Å². The lowest BCUT2D eigenvalue weighted by molar-refractivity contribution is -0.139. The molecule has 1 heterocycles. The van der Waals surface area contributed by atoms with Crippen molar-refractivity contribution >= 4 is 34.6 Å². The van der Waals surface area contributed by atoms with Crippen LogP contribution in [0, 0.1) is 0 Å². The molecule has 0 fully saturated rings. The van der Waals surface area contributed by atoms with Gasteiger partial charge < -0.3 is 15.2 Å². The number of rotatable bonds is 6. The maximum absolute atomic E-state index is 12.6. The third kappa shape index (κ3) is 4.20. The van der Waals surface area contributed by atoms with E-state index in [2.05, 4.69) is 22.4 Å². The van der Waals surface area contributed by atoms with Gasteiger partial charge >= 0.3 is 12.1 Å². The Morgan fingerprint density at radius 3 is 2.29 bits per heavy atom. The van der Waals surface area contributed by atoms with Gasteiger partial charge in [0.1, 0.15) is 12.6 Å². The summed E-state index contributed by atoms with van der Waals surface area (Å²) in [7, 11) is 0. The average Bonchev–Trinajstić information content (AvgIpc) is 3.16. The summed E-state index contributed by atoms with van der Waals surface area (Å²) in [6.45, 7) is 0.107. The number of fused-ring (bicyclic) bond motifs is 4. The average molecular weight is 473 g/mol. The third-order valence-corrected chi connectivity index (χ3v) is 6.38. The van der Waals surface area contributed by atoms with E-state index in [4.69, 9.17) is 16.3 Å². The second kappa shape index (κ2) is 9.15. The van der Waals surface area contributed by atoms with Gasteiger partial charge in [0.2, 0.25) is 0 Å². The summed E-state index contributed by atoms with van der Waals surface area (Å²) >= 11 is 6.22. The number of amides is 1. The molecule has 0 saturated carbocycles. The van der Waals surface area contributed by atoms with Crippen molar-refractivity contribution < 1.29 is 19.4 Å². The Morgan fingerprint density at radius 2 is 1.62 bits per heavy atom. The van der Waals surface area contributed by atoms with Crippen molar-refractivity contribution in [2.24, 2.45) is 0 Å². The van der Waals surface area contributed by atoms with Crippen LogP contribution in [0.3, 0.4) is 0 Å². The van der Waals surface area contributed by atoms with Gasteiger partial charge in [0.15, 0.2) is 0 Å². The summed E-state index contributed by atoms with van der Waals surface area (Å²) < 4.78 is 5.49. The first-order chi connectivity index (χ1) is 16.5. The van der Waals surface area contributed by atoms with Gasteiger partial charge in [-0.15, -0.1) is 0 Å². The van der Waals surface area contributed by atoms with Crippen LogP contribution >= 0.6 is 11.6 Å². The van der Waals surface area contributed by atoms with Crippen molar-refractivity contribution in [3.63, 3.8) is 0 Å². The van der Waals surface area contributed by atoms with Crippen LogP contribution in [0.5, 0.6) is 0 Å². The van der Waals surface area contributed by atoms with E-state index >= 15 is 0 Å². The van der Waals surface area contributed by atoms with Gasteiger partial charge in [-0.3, -0.25) is 4.98 Å². The number of hydrogen-bond donors (Lipinski definition) is 2. The Morgan fingerprint density at radius 1 is 0.941 bits per heavy atom. The van der Waals surface area contributed by atoms with Crippen LogP contribution in [0.25, 0.3) is 22.0 Å². The Kier molecular flexibility index (Phi) is 5.90. The fourth-order valence-corrected chi connectivity index (χ4v) is 4.68. The summed E-state index contributed by atoms with van der Waals surface area (Å²) in [6, 6.07) is 23.8. The number of para-hydroxylation sites is 1. The number of nitrogens with zero attached hydrogens (tertiary/aromatic N) is 1. The lowest BCUT2D eigenvalue weighted by Crippen LogP contribution is -2.43. The number of carbonyl (C=O) groups excluding carboxylic acids is 1.